The van der Waals surface area contributed by atoms with Crippen LogP contribution in [0.2, 0.25) is 0 Å². The number of benzene rings is 1. The SMILES string of the molecule is Nc1c(NCc2ccccc2)ccnc1[N+](=O)[O-]. The predicted octanol–water partition coefficient (Wildman–Crippen LogP) is 2.18. The van der Waals surface area contributed by atoms with Crippen LogP contribution >= 0.6 is 0 Å². The van der Waals surface area contributed by atoms with Crippen LogP contribution in [-0.4, -0.2) is 9.91 Å². The van der Waals surface area contributed by atoms with Gasteiger partial charge in [0.05, 0.1) is 5.69 Å². The Morgan fingerprint density at radius 1 is 1.28 bits per heavy atom. The highest BCUT2D eigenvalue weighted by atomic mass is 16.6. The molecule has 0 aliphatic rings. The summed E-state index contributed by atoms with van der Waals surface area (Å²) in [5.41, 5.74) is 7.32. The molecule has 2 aromatic rings. The molecular formula is C12H12N4O2. The standard InChI is InChI=1S/C12H12N4O2/c13-11-10(6-7-14-12(11)16(17)18)15-8-9-4-2-1-3-5-9/h1-7H,8,13H2,(H,14,15). The minimum atomic E-state index is -0.594. The van der Waals surface area contributed by atoms with Gasteiger partial charge in [-0.2, -0.15) is 0 Å². The summed E-state index contributed by atoms with van der Waals surface area (Å²) in [5.74, 6) is -0.326. The fourth-order valence-corrected chi connectivity index (χ4v) is 1.55. The van der Waals surface area contributed by atoms with E-state index in [0.29, 0.717) is 12.2 Å². The predicted molar refractivity (Wildman–Crippen MR) is 69.1 cm³/mol. The molecule has 1 aromatic carbocycles. The highest BCUT2D eigenvalue weighted by molar-refractivity contribution is 5.73. The van der Waals surface area contributed by atoms with E-state index >= 15 is 0 Å². The van der Waals surface area contributed by atoms with E-state index in [0.717, 1.165) is 5.56 Å². The van der Waals surface area contributed by atoms with Gasteiger partial charge in [-0.3, -0.25) is 0 Å². The molecule has 0 aliphatic heterocycles. The number of aromatic nitrogens is 1. The maximum Gasteiger partial charge on any atom is 0.388 e. The van der Waals surface area contributed by atoms with Crippen LogP contribution < -0.4 is 11.1 Å². The number of rotatable bonds is 4. The quantitative estimate of drug-likeness (QED) is 0.635. The van der Waals surface area contributed by atoms with Gasteiger partial charge in [0.2, 0.25) is 0 Å². The van der Waals surface area contributed by atoms with Crippen molar-refractivity contribution >= 4 is 17.2 Å². The number of nitrogens with one attached hydrogen (secondary N) is 1. The van der Waals surface area contributed by atoms with Crippen LogP contribution in [0, 0.1) is 10.1 Å². The van der Waals surface area contributed by atoms with Crippen molar-refractivity contribution in [1.82, 2.24) is 4.98 Å². The summed E-state index contributed by atoms with van der Waals surface area (Å²) in [7, 11) is 0. The lowest BCUT2D eigenvalue weighted by Crippen LogP contribution is -2.05. The molecule has 18 heavy (non-hydrogen) atoms. The average molecular weight is 244 g/mol. The van der Waals surface area contributed by atoms with Crippen LogP contribution in [0.15, 0.2) is 42.6 Å². The molecule has 0 aliphatic carbocycles. The summed E-state index contributed by atoms with van der Waals surface area (Å²) < 4.78 is 0. The van der Waals surface area contributed by atoms with Crippen LogP contribution in [0.5, 0.6) is 0 Å². The molecule has 92 valence electrons. The van der Waals surface area contributed by atoms with Gasteiger partial charge in [-0.1, -0.05) is 30.3 Å². The normalized spacial score (nSPS) is 10.0. The molecule has 0 radical (unpaired) electrons. The zero-order valence-corrected chi connectivity index (χ0v) is 9.54. The number of anilines is 2. The Labute approximate surface area is 104 Å². The second kappa shape index (κ2) is 5.13. The Balaban J connectivity index is 2.15. The van der Waals surface area contributed by atoms with E-state index < -0.39 is 4.92 Å². The molecule has 3 N–H and O–H groups in total. The van der Waals surface area contributed by atoms with E-state index in [2.05, 4.69) is 10.3 Å². The van der Waals surface area contributed by atoms with Gasteiger partial charge in [0.1, 0.15) is 6.20 Å². The number of nitrogens with two attached hydrogens (primary N) is 1. The first-order valence-corrected chi connectivity index (χ1v) is 5.35. The molecule has 0 saturated carbocycles. The molecule has 6 nitrogen and oxygen atoms in total. The van der Waals surface area contributed by atoms with Crippen molar-refractivity contribution in [3.63, 3.8) is 0 Å². The lowest BCUT2D eigenvalue weighted by Gasteiger charge is -2.08. The van der Waals surface area contributed by atoms with Crippen LogP contribution in [0.25, 0.3) is 0 Å². The molecule has 0 spiro atoms. The highest BCUT2D eigenvalue weighted by Gasteiger charge is 2.15. The smallest absolute Gasteiger partial charge is 0.388 e. The van der Waals surface area contributed by atoms with Crippen LogP contribution in [0.1, 0.15) is 5.56 Å². The van der Waals surface area contributed by atoms with Crippen molar-refractivity contribution in [3.05, 3.63) is 58.3 Å². The summed E-state index contributed by atoms with van der Waals surface area (Å²) in [6, 6.07) is 11.3. The minimum absolute atomic E-state index is 0.0541. The summed E-state index contributed by atoms with van der Waals surface area (Å²) in [4.78, 5) is 13.7. The molecule has 1 heterocycles. The average Bonchev–Trinajstić information content (AvgIpc) is 2.38. The van der Waals surface area contributed by atoms with E-state index in [-0.39, 0.29) is 11.5 Å². The first-order valence-electron chi connectivity index (χ1n) is 5.35. The van der Waals surface area contributed by atoms with Crippen molar-refractivity contribution in [2.75, 3.05) is 11.1 Å². The van der Waals surface area contributed by atoms with Gasteiger partial charge in [-0.15, -0.1) is 0 Å². The van der Waals surface area contributed by atoms with E-state index in [1.165, 1.54) is 6.20 Å². The molecule has 0 atom stereocenters. The molecule has 0 bridgehead atoms. The third-order valence-corrected chi connectivity index (χ3v) is 2.47. The van der Waals surface area contributed by atoms with Crippen molar-refractivity contribution in [2.24, 2.45) is 0 Å². The Morgan fingerprint density at radius 2 is 2.00 bits per heavy atom. The topological polar surface area (TPSA) is 94.1 Å². The summed E-state index contributed by atoms with van der Waals surface area (Å²) in [6.45, 7) is 0.548. The number of pyridine rings is 1. The molecule has 0 amide bonds. The van der Waals surface area contributed by atoms with Crippen LogP contribution in [0.4, 0.5) is 17.2 Å². The molecule has 0 saturated heterocycles. The highest BCUT2D eigenvalue weighted by Crippen LogP contribution is 2.26. The summed E-state index contributed by atoms with van der Waals surface area (Å²) in [5, 5.41) is 13.7. The molecule has 6 heteroatoms. The van der Waals surface area contributed by atoms with E-state index in [1.807, 2.05) is 30.3 Å². The summed E-state index contributed by atoms with van der Waals surface area (Å²) in [6.07, 6.45) is 1.36. The Kier molecular flexibility index (Phi) is 3.38. The number of hydrogen-bond donors (Lipinski definition) is 2. The van der Waals surface area contributed by atoms with Crippen LogP contribution in [0.3, 0.4) is 0 Å². The Hall–Kier alpha value is -2.63. The monoisotopic (exact) mass is 244 g/mol. The third kappa shape index (κ3) is 2.54. The zero-order valence-electron chi connectivity index (χ0n) is 9.54. The zero-order chi connectivity index (χ0) is 13.0. The lowest BCUT2D eigenvalue weighted by molar-refractivity contribution is -0.388. The fourth-order valence-electron chi connectivity index (χ4n) is 1.55. The van der Waals surface area contributed by atoms with Gasteiger partial charge in [-0.05, 0) is 15.5 Å². The Morgan fingerprint density at radius 3 is 2.67 bits per heavy atom. The van der Waals surface area contributed by atoms with Gasteiger partial charge in [0.25, 0.3) is 0 Å². The second-order valence-corrected chi connectivity index (χ2v) is 3.69. The minimum Gasteiger partial charge on any atom is -0.390 e. The number of nitrogens with zero attached hydrogens (tertiary/aromatic N) is 2. The van der Waals surface area contributed by atoms with Gasteiger partial charge in [-0.25, -0.2) is 0 Å². The molecule has 0 unspecified atom stereocenters. The lowest BCUT2D eigenvalue weighted by atomic mass is 10.2. The summed E-state index contributed by atoms with van der Waals surface area (Å²) >= 11 is 0. The van der Waals surface area contributed by atoms with E-state index in [1.54, 1.807) is 6.07 Å². The Bertz CT molecular complexity index is 557. The van der Waals surface area contributed by atoms with Gasteiger partial charge < -0.3 is 21.2 Å². The number of hydrogen-bond acceptors (Lipinski definition) is 5. The van der Waals surface area contributed by atoms with E-state index in [4.69, 9.17) is 5.73 Å². The molecular weight excluding hydrogens is 232 g/mol. The number of nitro groups is 1. The fraction of sp³-hybridized carbons (Fsp3) is 0.0833. The van der Waals surface area contributed by atoms with Gasteiger partial charge >= 0.3 is 5.82 Å². The molecule has 2 rings (SSSR count). The van der Waals surface area contributed by atoms with Gasteiger partial charge in [0.15, 0.2) is 5.69 Å². The maximum atomic E-state index is 10.7. The number of nitrogen functional groups attached to an aromatic ring is 1. The maximum absolute atomic E-state index is 10.7. The first-order chi connectivity index (χ1) is 8.68. The van der Waals surface area contributed by atoms with Gasteiger partial charge in [0, 0.05) is 12.6 Å². The van der Waals surface area contributed by atoms with Crippen molar-refractivity contribution < 1.29 is 4.92 Å². The van der Waals surface area contributed by atoms with E-state index in [9.17, 15) is 10.1 Å². The van der Waals surface area contributed by atoms with Crippen LogP contribution in [-0.2, 0) is 6.54 Å². The third-order valence-electron chi connectivity index (χ3n) is 2.47. The van der Waals surface area contributed by atoms with Crippen molar-refractivity contribution in [3.8, 4) is 0 Å². The van der Waals surface area contributed by atoms with Crippen molar-refractivity contribution in [1.29, 1.82) is 0 Å². The molecule has 0 fully saturated rings. The largest absolute Gasteiger partial charge is 0.390 e. The second-order valence-electron chi connectivity index (χ2n) is 3.69. The molecule has 1 aromatic heterocycles. The van der Waals surface area contributed by atoms with Crippen molar-refractivity contribution in [2.45, 2.75) is 6.54 Å². The first kappa shape index (κ1) is 11.8.